The van der Waals surface area contributed by atoms with E-state index in [-0.39, 0.29) is 0 Å². The highest BCUT2D eigenvalue weighted by atomic mass is 16.5. The smallest absolute Gasteiger partial charge is 0.325 e. The molecule has 3 aromatic carbocycles. The van der Waals surface area contributed by atoms with Gasteiger partial charge in [-0.05, 0) is 41.7 Å². The summed E-state index contributed by atoms with van der Waals surface area (Å²) in [5, 5.41) is 14.2. The van der Waals surface area contributed by atoms with Gasteiger partial charge in [0.1, 0.15) is 17.5 Å². The van der Waals surface area contributed by atoms with E-state index in [1.54, 1.807) is 0 Å². The number of hydrogen-bond donors (Lipinski definition) is 2. The Morgan fingerprint density at radius 2 is 0.685 bits per heavy atom. The number of hydrogen-bond acceptors (Lipinski definition) is 6. The van der Waals surface area contributed by atoms with E-state index in [0.717, 1.165) is 53.9 Å². The summed E-state index contributed by atoms with van der Waals surface area (Å²) in [6.07, 6.45) is 54.4. The zero-order valence-corrected chi connectivity index (χ0v) is 47.6. The van der Waals surface area contributed by atoms with Crippen molar-refractivity contribution < 1.29 is 24.1 Å². The van der Waals surface area contributed by atoms with E-state index in [9.17, 15) is 9.90 Å². The number of aliphatic hydroxyl groups is 1. The molecular formula is C67H111NO5. The van der Waals surface area contributed by atoms with Gasteiger partial charge in [-0.1, -0.05) is 319 Å². The zero-order chi connectivity index (χ0) is 52.0. The molecule has 0 spiro atoms. The Morgan fingerprint density at radius 3 is 0.945 bits per heavy atom. The summed E-state index contributed by atoms with van der Waals surface area (Å²) in [5.41, 5.74) is 1.68. The molecule has 6 heteroatoms. The van der Waals surface area contributed by atoms with Gasteiger partial charge in [0.25, 0.3) is 0 Å². The van der Waals surface area contributed by atoms with Gasteiger partial charge in [0.15, 0.2) is 0 Å². The summed E-state index contributed by atoms with van der Waals surface area (Å²) in [6.45, 7) is 5.42. The number of methoxy groups -OCH3 is 1. The molecule has 0 saturated carbocycles. The quantitative estimate of drug-likeness (QED) is 0.0333. The number of unbranched alkanes of at least 4 members (excludes halogenated alkanes) is 38. The van der Waals surface area contributed by atoms with Crippen LogP contribution in [0, 0.1) is 0 Å². The van der Waals surface area contributed by atoms with Crippen molar-refractivity contribution in [2.45, 2.75) is 282 Å². The Hall–Kier alpha value is -3.35. The molecule has 2 N–H and O–H groups in total. The molecule has 3 rings (SSSR count). The number of aliphatic hydroxyl groups excluding tert-OH is 1. The number of nitrogens with one attached hydrogen (secondary N) is 1. The number of ether oxygens (including phenoxy) is 3. The third-order valence-corrected chi connectivity index (χ3v) is 15.3. The van der Waals surface area contributed by atoms with Crippen molar-refractivity contribution in [2.24, 2.45) is 0 Å². The van der Waals surface area contributed by atoms with Gasteiger partial charge in [-0.2, -0.15) is 0 Å². The molecule has 0 fully saturated rings. The highest BCUT2D eigenvalue weighted by molar-refractivity contribution is 5.76. The van der Waals surface area contributed by atoms with E-state index < -0.39 is 24.2 Å². The predicted octanol–water partition coefficient (Wildman–Crippen LogP) is 19.5. The first kappa shape index (κ1) is 63.9. The molecular weight excluding hydrogens is 899 g/mol. The van der Waals surface area contributed by atoms with Crippen molar-refractivity contribution in [3.05, 3.63) is 95.6 Å². The van der Waals surface area contributed by atoms with Crippen LogP contribution < -0.4 is 14.8 Å². The molecule has 6 nitrogen and oxygen atoms in total. The SMILES string of the molecule is CCCCCCCCCCCCCCCCCCCCCCOc1cc(OCCCCCCCCCCCCCCCCCCCCCC)cc(C(NC(CO)C(=O)OC)(c2ccccc2)c2ccccc2)c1. The molecule has 3 aromatic rings. The first-order valence-electron chi connectivity index (χ1n) is 31.1. The summed E-state index contributed by atoms with van der Waals surface area (Å²) in [4.78, 5) is 13.2. The molecule has 0 aliphatic heterocycles. The molecule has 0 heterocycles. The van der Waals surface area contributed by atoms with Gasteiger partial charge in [-0.25, -0.2) is 0 Å². The highest BCUT2D eigenvalue weighted by Crippen LogP contribution is 2.41. The second-order valence-electron chi connectivity index (χ2n) is 21.7. The molecule has 1 atom stereocenters. The standard InChI is InChI=1S/C67H111NO5/c1-4-6-8-10-12-14-16-18-20-22-24-26-28-30-32-34-36-38-40-48-54-72-63-56-62(67(60-50-44-42-45-51-60,61-52-46-43-47-53-61)68-65(59-69)66(70)71-3)57-64(58-63)73-55-49-41-39-37-35-33-31-29-27-25-23-21-19-17-15-13-11-9-7-5-2/h42-47,50-53,56-58,65,68-69H,4-41,48-49,54-55,59H2,1-3H3. The van der Waals surface area contributed by atoms with Crippen LogP contribution in [0.3, 0.4) is 0 Å². The summed E-state index contributed by atoms with van der Waals surface area (Å²) in [7, 11) is 1.36. The van der Waals surface area contributed by atoms with Crippen LogP contribution in [0.1, 0.15) is 287 Å². The molecule has 0 saturated heterocycles. The first-order chi connectivity index (χ1) is 36.1. The van der Waals surface area contributed by atoms with E-state index in [2.05, 4.69) is 55.6 Å². The van der Waals surface area contributed by atoms with Crippen molar-refractivity contribution in [1.29, 1.82) is 0 Å². The number of rotatable bonds is 51. The van der Waals surface area contributed by atoms with Crippen molar-refractivity contribution in [3.8, 4) is 11.5 Å². The Labute approximate surface area is 449 Å². The number of benzene rings is 3. The van der Waals surface area contributed by atoms with Gasteiger partial charge in [0.2, 0.25) is 0 Å². The molecule has 73 heavy (non-hydrogen) atoms. The van der Waals surface area contributed by atoms with Crippen LogP contribution in [0.2, 0.25) is 0 Å². The van der Waals surface area contributed by atoms with Gasteiger partial charge >= 0.3 is 5.97 Å². The van der Waals surface area contributed by atoms with Gasteiger partial charge < -0.3 is 19.3 Å². The lowest BCUT2D eigenvalue weighted by molar-refractivity contribution is -0.144. The van der Waals surface area contributed by atoms with Gasteiger partial charge in [0.05, 0.1) is 32.5 Å². The Bertz CT molecular complexity index is 1580. The largest absolute Gasteiger partial charge is 0.493 e. The van der Waals surface area contributed by atoms with E-state index in [0.29, 0.717) is 13.2 Å². The number of carbonyl (C=O) groups excluding carboxylic acids is 1. The normalized spacial score (nSPS) is 12.1. The third-order valence-electron chi connectivity index (χ3n) is 15.3. The van der Waals surface area contributed by atoms with Crippen LogP contribution in [0.25, 0.3) is 0 Å². The molecule has 0 radical (unpaired) electrons. The van der Waals surface area contributed by atoms with Gasteiger partial charge in [-0.15, -0.1) is 0 Å². The molecule has 0 aromatic heterocycles. The lowest BCUT2D eigenvalue weighted by Crippen LogP contribution is -2.54. The Morgan fingerprint density at radius 1 is 0.411 bits per heavy atom. The van der Waals surface area contributed by atoms with Crippen molar-refractivity contribution >= 4 is 5.97 Å². The maximum atomic E-state index is 13.2. The van der Waals surface area contributed by atoms with Crippen LogP contribution in [-0.2, 0) is 15.1 Å². The Kier molecular flexibility index (Phi) is 39.3. The first-order valence-corrected chi connectivity index (χ1v) is 31.1. The van der Waals surface area contributed by atoms with Crippen molar-refractivity contribution in [3.63, 3.8) is 0 Å². The highest BCUT2D eigenvalue weighted by Gasteiger charge is 2.41. The van der Waals surface area contributed by atoms with E-state index in [4.69, 9.17) is 14.2 Å². The van der Waals surface area contributed by atoms with E-state index in [1.165, 1.54) is 238 Å². The summed E-state index contributed by atoms with van der Waals surface area (Å²) in [5.74, 6) is 0.956. The Balaban J connectivity index is 1.48. The van der Waals surface area contributed by atoms with Crippen molar-refractivity contribution in [1.82, 2.24) is 5.32 Å². The number of carbonyl (C=O) groups is 1. The van der Waals surface area contributed by atoms with Crippen molar-refractivity contribution in [2.75, 3.05) is 26.9 Å². The second kappa shape index (κ2) is 44.9. The maximum Gasteiger partial charge on any atom is 0.325 e. The van der Waals surface area contributed by atoms with Crippen LogP contribution >= 0.6 is 0 Å². The molecule has 414 valence electrons. The van der Waals surface area contributed by atoms with Gasteiger partial charge in [0, 0.05) is 6.07 Å². The van der Waals surface area contributed by atoms with Crippen LogP contribution in [0.15, 0.2) is 78.9 Å². The van der Waals surface area contributed by atoms with Crippen LogP contribution in [-0.4, -0.2) is 44.0 Å². The third kappa shape index (κ3) is 29.5. The van der Waals surface area contributed by atoms with Crippen LogP contribution in [0.5, 0.6) is 11.5 Å². The minimum absolute atomic E-state index is 0.424. The zero-order valence-electron chi connectivity index (χ0n) is 47.6. The van der Waals surface area contributed by atoms with E-state index in [1.807, 2.05) is 42.5 Å². The minimum atomic E-state index is -1.04. The lowest BCUT2D eigenvalue weighted by atomic mass is 9.76. The number of esters is 1. The molecule has 0 bridgehead atoms. The van der Waals surface area contributed by atoms with E-state index >= 15 is 0 Å². The topological polar surface area (TPSA) is 77.0 Å². The predicted molar refractivity (Wildman–Crippen MR) is 312 cm³/mol. The fourth-order valence-electron chi connectivity index (χ4n) is 10.8. The minimum Gasteiger partial charge on any atom is -0.493 e. The lowest BCUT2D eigenvalue weighted by Gasteiger charge is -2.39. The maximum absolute atomic E-state index is 13.2. The molecule has 0 amide bonds. The summed E-state index contributed by atoms with van der Waals surface area (Å²) < 4.78 is 18.4. The monoisotopic (exact) mass is 1010 g/mol. The molecule has 1 unspecified atom stereocenters. The average Bonchev–Trinajstić information content (AvgIpc) is 3.42. The summed E-state index contributed by atoms with van der Waals surface area (Å²) in [6, 6.07) is 25.5. The van der Waals surface area contributed by atoms with Crippen LogP contribution in [0.4, 0.5) is 0 Å². The molecule has 0 aliphatic carbocycles. The fourth-order valence-corrected chi connectivity index (χ4v) is 10.8. The fraction of sp³-hybridized carbons (Fsp3) is 0.716. The average molecular weight is 1010 g/mol. The molecule has 0 aliphatic rings. The second-order valence-corrected chi connectivity index (χ2v) is 21.7. The summed E-state index contributed by atoms with van der Waals surface area (Å²) >= 11 is 0. The van der Waals surface area contributed by atoms with Gasteiger partial charge in [-0.3, -0.25) is 10.1 Å².